The van der Waals surface area contributed by atoms with Gasteiger partial charge in [-0.15, -0.1) is 0 Å². The van der Waals surface area contributed by atoms with E-state index < -0.39 is 0 Å². The molecule has 0 saturated carbocycles. The van der Waals surface area contributed by atoms with Crippen LogP contribution in [0.2, 0.25) is 0 Å². The number of imidazole rings is 1. The maximum atomic E-state index is 5.41. The van der Waals surface area contributed by atoms with Crippen molar-refractivity contribution in [3.05, 3.63) is 42.5 Å². The fraction of sp³-hybridized carbons (Fsp3) is 0.357. The molecular formula is C14H19N3O. The van der Waals surface area contributed by atoms with Gasteiger partial charge in [-0.25, -0.2) is 4.98 Å². The standard InChI is InChI=1S/C14H19N3O/c1-3-17-11-15-9-13(17)10-16-12-5-7-14(8-6-12)18-4-2/h5-9,11,16H,3-4,10H2,1-2H3. The van der Waals surface area contributed by atoms with Crippen molar-refractivity contribution >= 4 is 5.69 Å². The second-order valence-electron chi connectivity index (χ2n) is 3.98. The predicted octanol–water partition coefficient (Wildman–Crippen LogP) is 2.91. The number of hydrogen-bond acceptors (Lipinski definition) is 3. The van der Waals surface area contributed by atoms with Crippen molar-refractivity contribution in [3.8, 4) is 5.75 Å². The molecule has 4 heteroatoms. The number of aromatic nitrogens is 2. The zero-order valence-corrected chi connectivity index (χ0v) is 10.9. The minimum atomic E-state index is 0.697. The molecule has 0 radical (unpaired) electrons. The summed E-state index contributed by atoms with van der Waals surface area (Å²) < 4.78 is 7.53. The lowest BCUT2D eigenvalue weighted by molar-refractivity contribution is 0.340. The number of hydrogen-bond donors (Lipinski definition) is 1. The van der Waals surface area contributed by atoms with Crippen molar-refractivity contribution in [2.75, 3.05) is 11.9 Å². The molecule has 1 N–H and O–H groups in total. The van der Waals surface area contributed by atoms with E-state index in [0.29, 0.717) is 6.61 Å². The normalized spacial score (nSPS) is 10.3. The van der Waals surface area contributed by atoms with E-state index in [4.69, 9.17) is 4.74 Å². The van der Waals surface area contributed by atoms with E-state index in [0.717, 1.165) is 24.5 Å². The van der Waals surface area contributed by atoms with E-state index in [1.54, 1.807) is 0 Å². The summed E-state index contributed by atoms with van der Waals surface area (Å²) in [6.07, 6.45) is 3.75. The van der Waals surface area contributed by atoms with E-state index in [-0.39, 0.29) is 0 Å². The van der Waals surface area contributed by atoms with Gasteiger partial charge in [-0.05, 0) is 38.1 Å². The first-order chi connectivity index (χ1) is 8.83. The highest BCUT2D eigenvalue weighted by Gasteiger charge is 2.00. The maximum absolute atomic E-state index is 5.41. The summed E-state index contributed by atoms with van der Waals surface area (Å²) in [6, 6.07) is 8.00. The molecule has 18 heavy (non-hydrogen) atoms. The third-order valence-electron chi connectivity index (χ3n) is 2.78. The van der Waals surface area contributed by atoms with Crippen LogP contribution in [0.4, 0.5) is 5.69 Å². The molecule has 96 valence electrons. The van der Waals surface area contributed by atoms with Gasteiger partial charge in [0.15, 0.2) is 0 Å². The highest BCUT2D eigenvalue weighted by atomic mass is 16.5. The average Bonchev–Trinajstić information content (AvgIpc) is 2.86. The van der Waals surface area contributed by atoms with Crippen LogP contribution in [0.5, 0.6) is 5.75 Å². The van der Waals surface area contributed by atoms with E-state index in [1.165, 1.54) is 5.69 Å². The van der Waals surface area contributed by atoms with Crippen molar-refractivity contribution < 1.29 is 4.74 Å². The second-order valence-corrected chi connectivity index (χ2v) is 3.98. The van der Waals surface area contributed by atoms with Gasteiger partial charge in [-0.3, -0.25) is 0 Å². The third kappa shape index (κ3) is 3.03. The number of nitrogens with one attached hydrogen (secondary N) is 1. The minimum Gasteiger partial charge on any atom is -0.494 e. The van der Waals surface area contributed by atoms with Gasteiger partial charge < -0.3 is 14.6 Å². The van der Waals surface area contributed by atoms with Crippen LogP contribution in [0.1, 0.15) is 19.5 Å². The Morgan fingerprint density at radius 2 is 2.00 bits per heavy atom. The average molecular weight is 245 g/mol. The molecule has 1 aromatic carbocycles. The lowest BCUT2D eigenvalue weighted by atomic mass is 10.3. The number of benzene rings is 1. The van der Waals surface area contributed by atoms with E-state index in [2.05, 4.69) is 21.8 Å². The third-order valence-corrected chi connectivity index (χ3v) is 2.78. The molecule has 1 heterocycles. The molecule has 2 aromatic rings. The van der Waals surface area contributed by atoms with Crippen molar-refractivity contribution in [3.63, 3.8) is 0 Å². The Kier molecular flexibility index (Phi) is 4.23. The summed E-state index contributed by atoms with van der Waals surface area (Å²) >= 11 is 0. The van der Waals surface area contributed by atoms with Crippen molar-refractivity contribution in [1.82, 2.24) is 9.55 Å². The number of nitrogens with zero attached hydrogens (tertiary/aromatic N) is 2. The maximum Gasteiger partial charge on any atom is 0.119 e. The fourth-order valence-corrected chi connectivity index (χ4v) is 1.81. The molecule has 0 unspecified atom stereocenters. The first-order valence-corrected chi connectivity index (χ1v) is 6.29. The van der Waals surface area contributed by atoms with Gasteiger partial charge in [0, 0.05) is 18.4 Å². The van der Waals surface area contributed by atoms with E-state index in [1.807, 2.05) is 43.7 Å². The van der Waals surface area contributed by atoms with Gasteiger partial charge in [-0.1, -0.05) is 0 Å². The molecule has 0 fully saturated rings. The second kappa shape index (κ2) is 6.10. The number of aryl methyl sites for hydroxylation is 1. The Morgan fingerprint density at radius 1 is 1.22 bits per heavy atom. The van der Waals surface area contributed by atoms with Crippen LogP contribution >= 0.6 is 0 Å². The first-order valence-electron chi connectivity index (χ1n) is 6.29. The molecule has 0 aliphatic carbocycles. The molecule has 0 atom stereocenters. The van der Waals surface area contributed by atoms with E-state index >= 15 is 0 Å². The molecule has 0 spiro atoms. The molecule has 1 aromatic heterocycles. The Balaban J connectivity index is 1.94. The monoisotopic (exact) mass is 245 g/mol. The molecule has 0 saturated heterocycles. The summed E-state index contributed by atoms with van der Waals surface area (Å²) in [4.78, 5) is 4.15. The Hall–Kier alpha value is -1.97. The Labute approximate surface area is 108 Å². The zero-order valence-electron chi connectivity index (χ0n) is 10.9. The van der Waals surface area contributed by atoms with Crippen molar-refractivity contribution in [2.45, 2.75) is 26.9 Å². The van der Waals surface area contributed by atoms with Gasteiger partial charge in [0.25, 0.3) is 0 Å². The van der Waals surface area contributed by atoms with Gasteiger partial charge in [0.2, 0.25) is 0 Å². The highest BCUT2D eigenvalue weighted by Crippen LogP contribution is 2.16. The minimum absolute atomic E-state index is 0.697. The molecule has 0 bridgehead atoms. The molecule has 0 aliphatic heterocycles. The number of anilines is 1. The summed E-state index contributed by atoms with van der Waals surface area (Å²) in [5.41, 5.74) is 2.27. The van der Waals surface area contributed by atoms with Gasteiger partial charge in [0.1, 0.15) is 5.75 Å². The summed E-state index contributed by atoms with van der Waals surface area (Å²) in [7, 11) is 0. The van der Waals surface area contributed by atoms with Gasteiger partial charge in [-0.2, -0.15) is 0 Å². The van der Waals surface area contributed by atoms with Crippen LogP contribution in [-0.4, -0.2) is 16.2 Å². The van der Waals surface area contributed by atoms with Crippen LogP contribution in [0.25, 0.3) is 0 Å². The molecule has 2 rings (SSSR count). The Bertz CT molecular complexity index is 476. The van der Waals surface area contributed by atoms with E-state index in [9.17, 15) is 0 Å². The summed E-state index contributed by atoms with van der Waals surface area (Å²) in [5.74, 6) is 0.904. The lowest BCUT2D eigenvalue weighted by Crippen LogP contribution is -2.05. The smallest absolute Gasteiger partial charge is 0.119 e. The quantitative estimate of drug-likeness (QED) is 0.850. The van der Waals surface area contributed by atoms with Crippen LogP contribution in [0, 0.1) is 0 Å². The summed E-state index contributed by atoms with van der Waals surface area (Å²) in [6.45, 7) is 6.52. The number of ether oxygens (including phenoxy) is 1. The number of rotatable bonds is 6. The van der Waals surface area contributed by atoms with Crippen LogP contribution in [-0.2, 0) is 13.1 Å². The highest BCUT2D eigenvalue weighted by molar-refractivity contribution is 5.46. The zero-order chi connectivity index (χ0) is 12.8. The van der Waals surface area contributed by atoms with Gasteiger partial charge in [0.05, 0.1) is 25.2 Å². The van der Waals surface area contributed by atoms with Crippen LogP contribution < -0.4 is 10.1 Å². The van der Waals surface area contributed by atoms with Crippen LogP contribution in [0.3, 0.4) is 0 Å². The molecule has 4 nitrogen and oxygen atoms in total. The molecular weight excluding hydrogens is 226 g/mol. The van der Waals surface area contributed by atoms with Crippen molar-refractivity contribution in [2.24, 2.45) is 0 Å². The Morgan fingerprint density at radius 3 is 2.67 bits per heavy atom. The largest absolute Gasteiger partial charge is 0.494 e. The van der Waals surface area contributed by atoms with Crippen LogP contribution in [0.15, 0.2) is 36.8 Å². The first kappa shape index (κ1) is 12.5. The molecule has 0 amide bonds. The SMILES string of the molecule is CCOc1ccc(NCc2cncn2CC)cc1. The summed E-state index contributed by atoms with van der Waals surface area (Å²) in [5, 5.41) is 3.37. The van der Waals surface area contributed by atoms with Crippen molar-refractivity contribution in [1.29, 1.82) is 0 Å². The lowest BCUT2D eigenvalue weighted by Gasteiger charge is -2.09. The van der Waals surface area contributed by atoms with Gasteiger partial charge >= 0.3 is 0 Å². The predicted molar refractivity (Wildman–Crippen MR) is 72.8 cm³/mol. The fourth-order valence-electron chi connectivity index (χ4n) is 1.81. The molecule has 0 aliphatic rings. The topological polar surface area (TPSA) is 39.1 Å².